The summed E-state index contributed by atoms with van der Waals surface area (Å²) in [6.45, 7) is 3.26. The van der Waals surface area contributed by atoms with Crippen molar-refractivity contribution in [1.29, 1.82) is 0 Å². The molecule has 31 heavy (non-hydrogen) atoms. The number of carbonyl (C=O) groups excluding carboxylic acids is 1. The number of fused-ring (bicyclic) bond motifs is 1. The zero-order chi connectivity index (χ0) is 21.5. The van der Waals surface area contributed by atoms with Gasteiger partial charge in [-0.05, 0) is 37.5 Å². The van der Waals surface area contributed by atoms with E-state index in [0.717, 1.165) is 41.8 Å². The number of nitrogens with zero attached hydrogens (tertiary/aromatic N) is 3. The van der Waals surface area contributed by atoms with Crippen LogP contribution in [0.2, 0.25) is 0 Å². The lowest BCUT2D eigenvalue weighted by Gasteiger charge is -2.18. The molecule has 0 bridgehead atoms. The Balaban J connectivity index is 1.66. The number of amides is 1. The number of ether oxygens (including phenoxy) is 2. The van der Waals surface area contributed by atoms with Gasteiger partial charge in [0.05, 0.1) is 12.1 Å². The standard InChI is InChI=1S/C22H23N5O4/c1-2-16(20(23)28)30-13-10-15-19-18(11-13)29-8-4-3-7-27(19)21(25-15)12-5-6-17-14(9-12)26-22(24)31-17/h5-6,9-11,16H,2-4,7-8H2,1H3,(H2,23,28)(H2,24,26). The molecule has 0 aliphatic carbocycles. The fraction of sp³-hybridized carbons (Fsp3) is 0.318. The number of carbonyl (C=O) groups is 1. The van der Waals surface area contributed by atoms with Crippen LogP contribution in [0.5, 0.6) is 11.5 Å². The second kappa shape index (κ2) is 7.50. The van der Waals surface area contributed by atoms with Crippen LogP contribution in [0.4, 0.5) is 6.01 Å². The van der Waals surface area contributed by atoms with Crippen molar-refractivity contribution < 1.29 is 18.7 Å². The third kappa shape index (κ3) is 3.41. The van der Waals surface area contributed by atoms with E-state index in [1.807, 2.05) is 37.3 Å². The van der Waals surface area contributed by atoms with Crippen LogP contribution in [-0.4, -0.2) is 33.2 Å². The van der Waals surface area contributed by atoms with Crippen LogP contribution in [0.3, 0.4) is 0 Å². The number of nitrogens with two attached hydrogens (primary N) is 2. The molecule has 1 atom stereocenters. The lowest BCUT2D eigenvalue weighted by molar-refractivity contribution is -0.124. The van der Waals surface area contributed by atoms with E-state index in [1.165, 1.54) is 0 Å². The van der Waals surface area contributed by atoms with E-state index < -0.39 is 12.0 Å². The first-order chi connectivity index (χ1) is 15.0. The molecule has 0 spiro atoms. The Kier molecular flexibility index (Phi) is 4.65. The van der Waals surface area contributed by atoms with Crippen molar-refractivity contribution in [1.82, 2.24) is 14.5 Å². The highest BCUT2D eigenvalue weighted by molar-refractivity contribution is 5.89. The minimum atomic E-state index is -0.709. The number of aromatic nitrogens is 3. The fourth-order valence-electron chi connectivity index (χ4n) is 3.97. The predicted octanol–water partition coefficient (Wildman–Crippen LogP) is 3.24. The van der Waals surface area contributed by atoms with Crippen LogP contribution in [0.25, 0.3) is 33.5 Å². The number of anilines is 1. The Morgan fingerprint density at radius 1 is 1.23 bits per heavy atom. The first kappa shape index (κ1) is 19.2. The van der Waals surface area contributed by atoms with E-state index in [0.29, 0.717) is 35.6 Å². The van der Waals surface area contributed by atoms with E-state index in [-0.39, 0.29) is 6.01 Å². The molecule has 0 fully saturated rings. The van der Waals surface area contributed by atoms with Gasteiger partial charge in [-0.3, -0.25) is 4.79 Å². The smallest absolute Gasteiger partial charge is 0.292 e. The van der Waals surface area contributed by atoms with Gasteiger partial charge in [-0.15, -0.1) is 0 Å². The highest BCUT2D eigenvalue weighted by Crippen LogP contribution is 2.37. The van der Waals surface area contributed by atoms with Crippen LogP contribution in [0, 0.1) is 0 Å². The van der Waals surface area contributed by atoms with Gasteiger partial charge in [0.15, 0.2) is 11.7 Å². The second-order valence-corrected chi connectivity index (χ2v) is 7.58. The number of hydrogen-bond acceptors (Lipinski definition) is 7. The molecule has 9 nitrogen and oxygen atoms in total. The Bertz CT molecular complexity index is 1290. The van der Waals surface area contributed by atoms with Crippen LogP contribution in [0.1, 0.15) is 26.2 Å². The van der Waals surface area contributed by atoms with Gasteiger partial charge in [0.2, 0.25) is 0 Å². The third-order valence-corrected chi connectivity index (χ3v) is 5.44. The molecule has 2 aromatic heterocycles. The van der Waals surface area contributed by atoms with E-state index in [2.05, 4.69) is 9.55 Å². The van der Waals surface area contributed by atoms with Crippen LogP contribution < -0.4 is 20.9 Å². The Labute approximate surface area is 177 Å². The van der Waals surface area contributed by atoms with E-state index in [1.54, 1.807) is 0 Å². The molecule has 5 rings (SSSR count). The molecule has 0 radical (unpaired) electrons. The van der Waals surface area contributed by atoms with Crippen molar-refractivity contribution in [3.05, 3.63) is 30.3 Å². The molecule has 160 valence electrons. The predicted molar refractivity (Wildman–Crippen MR) is 116 cm³/mol. The molecule has 1 unspecified atom stereocenters. The molecule has 1 amide bonds. The van der Waals surface area contributed by atoms with Crippen molar-refractivity contribution in [2.75, 3.05) is 12.3 Å². The monoisotopic (exact) mass is 421 g/mol. The summed E-state index contributed by atoms with van der Waals surface area (Å²) in [4.78, 5) is 20.8. The van der Waals surface area contributed by atoms with Crippen LogP contribution in [-0.2, 0) is 11.3 Å². The zero-order valence-corrected chi connectivity index (χ0v) is 17.1. The number of oxazole rings is 1. The summed E-state index contributed by atoms with van der Waals surface area (Å²) < 4.78 is 19.4. The van der Waals surface area contributed by atoms with Gasteiger partial charge in [0.1, 0.15) is 28.4 Å². The van der Waals surface area contributed by atoms with Crippen LogP contribution >= 0.6 is 0 Å². The van der Waals surface area contributed by atoms with Gasteiger partial charge < -0.3 is 29.9 Å². The van der Waals surface area contributed by atoms with Crippen molar-refractivity contribution in [3.8, 4) is 22.9 Å². The molecule has 4 aromatic rings. The number of rotatable bonds is 5. The molecule has 3 heterocycles. The molecule has 1 aliphatic heterocycles. The van der Waals surface area contributed by atoms with Gasteiger partial charge in [-0.2, -0.15) is 4.98 Å². The van der Waals surface area contributed by atoms with E-state index in [4.69, 9.17) is 30.3 Å². The van der Waals surface area contributed by atoms with Gasteiger partial charge in [0.25, 0.3) is 11.9 Å². The number of benzene rings is 2. The van der Waals surface area contributed by atoms with Crippen LogP contribution in [0.15, 0.2) is 34.7 Å². The molecular weight excluding hydrogens is 398 g/mol. The molecule has 9 heteroatoms. The molecule has 0 saturated heterocycles. The van der Waals surface area contributed by atoms with E-state index in [9.17, 15) is 4.79 Å². The molecule has 0 saturated carbocycles. The molecule has 2 aromatic carbocycles. The lowest BCUT2D eigenvalue weighted by Crippen LogP contribution is -2.32. The highest BCUT2D eigenvalue weighted by atomic mass is 16.5. The van der Waals surface area contributed by atoms with Gasteiger partial charge in [-0.25, -0.2) is 4.98 Å². The largest absolute Gasteiger partial charge is 0.491 e. The molecule has 1 aliphatic rings. The highest BCUT2D eigenvalue weighted by Gasteiger charge is 2.22. The Morgan fingerprint density at radius 3 is 2.90 bits per heavy atom. The summed E-state index contributed by atoms with van der Waals surface area (Å²) in [5.74, 6) is 1.48. The minimum absolute atomic E-state index is 0.132. The average molecular weight is 421 g/mol. The molecular formula is C22H23N5O4. The van der Waals surface area contributed by atoms with Crippen molar-refractivity contribution in [3.63, 3.8) is 0 Å². The lowest BCUT2D eigenvalue weighted by atomic mass is 10.2. The Hall–Kier alpha value is -3.75. The van der Waals surface area contributed by atoms with Crippen molar-refractivity contribution in [2.45, 2.75) is 38.8 Å². The third-order valence-electron chi connectivity index (χ3n) is 5.44. The van der Waals surface area contributed by atoms with Gasteiger partial charge in [-0.1, -0.05) is 6.92 Å². The summed E-state index contributed by atoms with van der Waals surface area (Å²) in [5, 5.41) is 0. The zero-order valence-electron chi connectivity index (χ0n) is 17.1. The minimum Gasteiger partial charge on any atom is -0.491 e. The molecule has 4 N–H and O–H groups in total. The normalized spacial score (nSPS) is 14.7. The maximum absolute atomic E-state index is 11.6. The number of hydrogen-bond donors (Lipinski definition) is 2. The van der Waals surface area contributed by atoms with Crippen molar-refractivity contribution in [2.24, 2.45) is 5.73 Å². The number of primary amides is 1. The van der Waals surface area contributed by atoms with E-state index >= 15 is 0 Å². The first-order valence-corrected chi connectivity index (χ1v) is 10.3. The second-order valence-electron chi connectivity index (χ2n) is 7.58. The summed E-state index contributed by atoms with van der Waals surface area (Å²) in [7, 11) is 0. The Morgan fingerprint density at radius 2 is 2.10 bits per heavy atom. The van der Waals surface area contributed by atoms with Gasteiger partial charge >= 0.3 is 0 Å². The fourth-order valence-corrected chi connectivity index (χ4v) is 3.97. The summed E-state index contributed by atoms with van der Waals surface area (Å²) >= 11 is 0. The topological polar surface area (TPSA) is 131 Å². The number of aryl methyl sites for hydroxylation is 1. The quantitative estimate of drug-likeness (QED) is 0.505. The summed E-state index contributed by atoms with van der Waals surface area (Å²) in [6.07, 6.45) is 1.65. The maximum atomic E-state index is 11.6. The SMILES string of the molecule is CCC(Oc1cc2c3c(c1)nc(-c1ccc4oc(N)nc4c1)n3CCCCO2)C(N)=O. The number of imidazole rings is 1. The summed E-state index contributed by atoms with van der Waals surface area (Å²) in [6, 6.07) is 9.46. The average Bonchev–Trinajstić information content (AvgIpc) is 3.28. The maximum Gasteiger partial charge on any atom is 0.292 e. The van der Waals surface area contributed by atoms with Gasteiger partial charge in [0, 0.05) is 24.2 Å². The first-order valence-electron chi connectivity index (χ1n) is 10.3. The number of nitrogen functional groups attached to an aromatic ring is 1. The summed E-state index contributed by atoms with van der Waals surface area (Å²) in [5.41, 5.74) is 15.0. The van der Waals surface area contributed by atoms with Crippen molar-refractivity contribution >= 4 is 34.1 Å².